The summed E-state index contributed by atoms with van der Waals surface area (Å²) in [7, 11) is 0. The van der Waals surface area contributed by atoms with Gasteiger partial charge in [-0.15, -0.1) is 0 Å². The van der Waals surface area contributed by atoms with Crippen molar-refractivity contribution >= 4 is 23.1 Å². The van der Waals surface area contributed by atoms with Gasteiger partial charge in [0.2, 0.25) is 0 Å². The minimum atomic E-state index is -2.83. The Kier molecular flexibility index (Phi) is 6.69. The quantitative estimate of drug-likeness (QED) is 0.309. The molecule has 196 valence electrons. The third-order valence-electron chi connectivity index (χ3n) is 7.06. The van der Waals surface area contributed by atoms with Crippen molar-refractivity contribution in [1.29, 1.82) is 0 Å². The van der Waals surface area contributed by atoms with Gasteiger partial charge in [0.15, 0.2) is 0 Å². The number of aryl methyl sites for hydroxylation is 1. The Labute approximate surface area is 218 Å². The van der Waals surface area contributed by atoms with Gasteiger partial charge >= 0.3 is 0 Å². The van der Waals surface area contributed by atoms with Gasteiger partial charge in [-0.25, -0.2) is 18.2 Å². The number of alkyl halides is 2. The average molecular weight is 521 g/mol. The maximum atomic E-state index is 14.5. The number of amides is 2. The Bertz CT molecular complexity index is 1490. The number of pyridine rings is 1. The molecule has 0 saturated heterocycles. The van der Waals surface area contributed by atoms with Crippen LogP contribution in [0.3, 0.4) is 0 Å². The molecular weight excluding hydrogens is 493 g/mol. The largest absolute Gasteiger partial charge is 0.337 e. The van der Waals surface area contributed by atoms with Gasteiger partial charge in [-0.3, -0.25) is 18.9 Å². The standard InChI is InChI=1S/C29H27F3N4O2/c1-3-34(22-17-29(31,32)18-22)28(38)26(23-11-5-4-8-19(23)2)36(21-10-6-9-20(30)16-21)27(37)24-12-7-13-25-33-14-15-35(24)25/h4-16,22,26H,3,17-18H2,1-2H3. The molecule has 2 heterocycles. The van der Waals surface area contributed by atoms with Crippen molar-refractivity contribution in [3.63, 3.8) is 0 Å². The fraction of sp³-hybridized carbons (Fsp3) is 0.276. The second-order valence-electron chi connectivity index (χ2n) is 9.52. The van der Waals surface area contributed by atoms with Crippen molar-refractivity contribution in [2.24, 2.45) is 0 Å². The Balaban J connectivity index is 1.69. The summed E-state index contributed by atoms with van der Waals surface area (Å²) in [6.45, 7) is 3.72. The first kappa shape index (κ1) is 25.5. The van der Waals surface area contributed by atoms with Crippen molar-refractivity contribution in [2.45, 2.75) is 44.7 Å². The van der Waals surface area contributed by atoms with Crippen molar-refractivity contribution in [2.75, 3.05) is 11.4 Å². The number of rotatable bonds is 7. The van der Waals surface area contributed by atoms with Gasteiger partial charge in [0.25, 0.3) is 17.7 Å². The summed E-state index contributed by atoms with van der Waals surface area (Å²) >= 11 is 0. The molecule has 9 heteroatoms. The number of nitrogens with zero attached hydrogens (tertiary/aromatic N) is 4. The summed E-state index contributed by atoms with van der Waals surface area (Å²) in [5, 5.41) is 0. The molecule has 0 spiro atoms. The molecule has 1 aliphatic carbocycles. The molecule has 2 aromatic heterocycles. The second-order valence-corrected chi connectivity index (χ2v) is 9.52. The molecule has 1 atom stereocenters. The van der Waals surface area contributed by atoms with E-state index in [4.69, 9.17) is 0 Å². The molecule has 1 unspecified atom stereocenters. The predicted molar refractivity (Wildman–Crippen MR) is 138 cm³/mol. The lowest BCUT2D eigenvalue weighted by Gasteiger charge is -2.44. The van der Waals surface area contributed by atoms with Crippen LogP contribution in [0.15, 0.2) is 79.1 Å². The maximum Gasteiger partial charge on any atom is 0.276 e. The number of carbonyl (C=O) groups is 2. The highest BCUT2D eigenvalue weighted by Crippen LogP contribution is 2.42. The minimum absolute atomic E-state index is 0.170. The second kappa shape index (κ2) is 9.96. The number of likely N-dealkylation sites (N-methyl/N-ethyl adjacent to an activating group) is 1. The third-order valence-corrected chi connectivity index (χ3v) is 7.06. The normalized spacial score (nSPS) is 15.6. The SMILES string of the molecule is CCN(C(=O)C(c1ccccc1C)N(C(=O)c1cccc2nccn12)c1cccc(F)c1)C1CC(F)(F)C1. The number of hydrogen-bond donors (Lipinski definition) is 0. The molecule has 2 aromatic carbocycles. The molecule has 1 fully saturated rings. The number of aromatic nitrogens is 2. The van der Waals surface area contributed by atoms with Crippen molar-refractivity contribution in [3.8, 4) is 0 Å². The molecule has 6 nitrogen and oxygen atoms in total. The van der Waals surface area contributed by atoms with Gasteiger partial charge in [0.05, 0.1) is 0 Å². The summed E-state index contributed by atoms with van der Waals surface area (Å²) in [5.74, 6) is -4.47. The minimum Gasteiger partial charge on any atom is -0.337 e. The van der Waals surface area contributed by atoms with Crippen LogP contribution in [-0.4, -0.2) is 44.6 Å². The number of hydrogen-bond acceptors (Lipinski definition) is 3. The Morgan fingerprint density at radius 3 is 2.50 bits per heavy atom. The van der Waals surface area contributed by atoms with E-state index in [9.17, 15) is 22.8 Å². The van der Waals surface area contributed by atoms with E-state index in [2.05, 4.69) is 4.98 Å². The lowest BCUT2D eigenvalue weighted by atomic mass is 9.85. The van der Waals surface area contributed by atoms with E-state index in [1.165, 1.54) is 28.0 Å². The molecule has 2 amide bonds. The zero-order valence-corrected chi connectivity index (χ0v) is 21.0. The van der Waals surface area contributed by atoms with Crippen molar-refractivity contribution in [1.82, 2.24) is 14.3 Å². The van der Waals surface area contributed by atoms with E-state index in [0.29, 0.717) is 11.2 Å². The van der Waals surface area contributed by atoms with Crippen molar-refractivity contribution in [3.05, 3.63) is 102 Å². The summed E-state index contributed by atoms with van der Waals surface area (Å²) in [4.78, 5) is 35.5. The molecule has 4 aromatic rings. The van der Waals surface area contributed by atoms with E-state index < -0.39 is 48.5 Å². The number of carbonyl (C=O) groups excluding carboxylic acids is 2. The van der Waals surface area contributed by atoms with Gasteiger partial charge < -0.3 is 4.90 Å². The topological polar surface area (TPSA) is 57.9 Å². The summed E-state index contributed by atoms with van der Waals surface area (Å²) in [6, 6.07) is 15.7. The van der Waals surface area contributed by atoms with Crippen LogP contribution in [0.25, 0.3) is 5.65 Å². The first-order chi connectivity index (χ1) is 18.2. The Morgan fingerprint density at radius 1 is 1.08 bits per heavy atom. The van der Waals surface area contributed by atoms with Crippen LogP contribution in [0.5, 0.6) is 0 Å². The van der Waals surface area contributed by atoms with Gasteiger partial charge in [0, 0.05) is 43.5 Å². The van der Waals surface area contributed by atoms with Crippen LogP contribution in [0.2, 0.25) is 0 Å². The van der Waals surface area contributed by atoms with Gasteiger partial charge in [-0.1, -0.05) is 36.4 Å². The predicted octanol–water partition coefficient (Wildman–Crippen LogP) is 5.82. The first-order valence-corrected chi connectivity index (χ1v) is 12.4. The number of imidazole rings is 1. The van der Waals surface area contributed by atoms with E-state index >= 15 is 0 Å². The maximum absolute atomic E-state index is 14.5. The monoisotopic (exact) mass is 520 g/mol. The van der Waals surface area contributed by atoms with Gasteiger partial charge in [-0.2, -0.15) is 0 Å². The van der Waals surface area contributed by atoms with E-state index in [1.54, 1.807) is 60.1 Å². The van der Waals surface area contributed by atoms with E-state index in [0.717, 1.165) is 5.56 Å². The highest BCUT2D eigenvalue weighted by Gasteiger charge is 2.50. The number of benzene rings is 2. The highest BCUT2D eigenvalue weighted by molar-refractivity contribution is 6.09. The zero-order chi connectivity index (χ0) is 27.0. The van der Waals surface area contributed by atoms with Crippen LogP contribution in [0, 0.1) is 12.7 Å². The van der Waals surface area contributed by atoms with Crippen LogP contribution in [0.1, 0.15) is 47.4 Å². The number of anilines is 1. The lowest BCUT2D eigenvalue weighted by Crippen LogP contribution is -2.56. The first-order valence-electron chi connectivity index (χ1n) is 12.4. The van der Waals surface area contributed by atoms with Gasteiger partial charge in [0.1, 0.15) is 23.2 Å². The molecule has 0 radical (unpaired) electrons. The Morgan fingerprint density at radius 2 is 1.82 bits per heavy atom. The van der Waals surface area contributed by atoms with Crippen LogP contribution in [0.4, 0.5) is 18.9 Å². The summed E-state index contributed by atoms with van der Waals surface area (Å²) < 4.78 is 43.7. The fourth-order valence-electron chi connectivity index (χ4n) is 5.13. The molecule has 0 bridgehead atoms. The van der Waals surface area contributed by atoms with Gasteiger partial charge in [-0.05, 0) is 55.3 Å². The molecule has 5 rings (SSSR count). The van der Waals surface area contributed by atoms with Crippen molar-refractivity contribution < 1.29 is 22.8 Å². The smallest absolute Gasteiger partial charge is 0.276 e. The van der Waals surface area contributed by atoms with Crippen LogP contribution >= 0.6 is 0 Å². The van der Waals surface area contributed by atoms with Crippen LogP contribution < -0.4 is 4.90 Å². The Hall–Kier alpha value is -4.14. The third kappa shape index (κ3) is 4.64. The molecule has 1 saturated carbocycles. The molecule has 38 heavy (non-hydrogen) atoms. The van der Waals surface area contributed by atoms with E-state index in [1.807, 2.05) is 19.1 Å². The average Bonchev–Trinajstić information content (AvgIpc) is 3.36. The summed E-state index contributed by atoms with van der Waals surface area (Å²) in [6.07, 6.45) is 2.31. The summed E-state index contributed by atoms with van der Waals surface area (Å²) in [5.41, 5.74) is 2.17. The molecule has 0 N–H and O–H groups in total. The zero-order valence-electron chi connectivity index (χ0n) is 21.0. The lowest BCUT2D eigenvalue weighted by molar-refractivity contribution is -0.154. The molecular formula is C29H27F3N4O2. The highest BCUT2D eigenvalue weighted by atomic mass is 19.3. The molecule has 0 aliphatic heterocycles. The van der Waals surface area contributed by atoms with Crippen LogP contribution in [-0.2, 0) is 4.79 Å². The molecule has 1 aliphatic rings. The fourth-order valence-corrected chi connectivity index (χ4v) is 5.13. The van der Waals surface area contributed by atoms with E-state index in [-0.39, 0.29) is 17.9 Å². The number of halogens is 3. The number of fused-ring (bicyclic) bond motifs is 1.